The number of para-hydroxylation sites is 3. The van der Waals surface area contributed by atoms with E-state index in [2.05, 4.69) is 84.1 Å². The van der Waals surface area contributed by atoms with Gasteiger partial charge in [0.25, 0.3) is 0 Å². The molecule has 2 aromatic carbocycles. The number of hydrogen-bond donors (Lipinski definition) is 0. The number of rotatable bonds is 3. The molecule has 0 saturated heterocycles. The number of nitrogens with zero attached hydrogens (tertiary/aromatic N) is 2. The largest absolute Gasteiger partial charge is 0.341 e. The van der Waals surface area contributed by atoms with E-state index >= 15 is 0 Å². The van der Waals surface area contributed by atoms with Crippen LogP contribution in [0.25, 0.3) is 0 Å². The van der Waals surface area contributed by atoms with Crippen LogP contribution in [0.4, 0.5) is 17.1 Å². The van der Waals surface area contributed by atoms with Crippen molar-refractivity contribution in [3.63, 3.8) is 0 Å². The van der Waals surface area contributed by atoms with Crippen molar-refractivity contribution in [2.45, 2.75) is 6.92 Å². The van der Waals surface area contributed by atoms with Gasteiger partial charge in [-0.2, -0.15) is 0 Å². The van der Waals surface area contributed by atoms with E-state index in [0.717, 1.165) is 17.1 Å². The van der Waals surface area contributed by atoms with Gasteiger partial charge in [-0.25, -0.2) is 0 Å². The molecule has 0 N–H and O–H groups in total. The molecule has 2 aromatic rings. The third kappa shape index (κ3) is 2.23. The van der Waals surface area contributed by atoms with Gasteiger partial charge >= 0.3 is 0 Å². The van der Waals surface area contributed by atoms with Crippen LogP contribution in [0.5, 0.6) is 0 Å². The van der Waals surface area contributed by atoms with Crippen molar-refractivity contribution in [2.75, 3.05) is 16.8 Å². The summed E-state index contributed by atoms with van der Waals surface area (Å²) in [7, 11) is 2.10. The summed E-state index contributed by atoms with van der Waals surface area (Å²) in [5, 5.41) is 0. The fraction of sp³-hybridized carbons (Fsp3) is 0.100. The lowest BCUT2D eigenvalue weighted by molar-refractivity contribution is 1.03. The maximum atomic E-state index is 4.04. The van der Waals surface area contributed by atoms with Crippen LogP contribution in [-0.4, -0.2) is 7.05 Å². The molecule has 0 fully saturated rings. The van der Waals surface area contributed by atoms with Gasteiger partial charge in [0.1, 0.15) is 0 Å². The minimum absolute atomic E-state index is 1.09. The maximum Gasteiger partial charge on any atom is 0.0699 e. The van der Waals surface area contributed by atoms with Crippen LogP contribution in [0.1, 0.15) is 6.92 Å². The summed E-state index contributed by atoms with van der Waals surface area (Å²) in [5.41, 5.74) is 5.72. The molecule has 2 nitrogen and oxygen atoms in total. The van der Waals surface area contributed by atoms with Crippen molar-refractivity contribution >= 4 is 17.1 Å². The minimum Gasteiger partial charge on any atom is -0.341 e. The standard InChI is InChI=1S/C20H20N2/c1-4-11-18-17(5-2)22(16-12-7-6-8-13-16)20-15-10-9-14-19(20)21(18)3/h4-15H,2H2,1,3H3/b11-4-. The van der Waals surface area contributed by atoms with Crippen molar-refractivity contribution in [1.82, 2.24) is 0 Å². The molecule has 0 bridgehead atoms. The Hall–Kier alpha value is -2.74. The summed E-state index contributed by atoms with van der Waals surface area (Å²) in [6, 6.07) is 18.9. The van der Waals surface area contributed by atoms with Gasteiger partial charge in [-0.05, 0) is 43.3 Å². The van der Waals surface area contributed by atoms with Crippen LogP contribution in [0.3, 0.4) is 0 Å². The molecule has 0 spiro atoms. The van der Waals surface area contributed by atoms with E-state index in [-0.39, 0.29) is 0 Å². The molecule has 1 heterocycles. The quantitative estimate of drug-likeness (QED) is 0.761. The molecule has 0 atom stereocenters. The summed E-state index contributed by atoms with van der Waals surface area (Å²) < 4.78 is 0. The van der Waals surface area contributed by atoms with E-state index in [0.29, 0.717) is 0 Å². The summed E-state index contributed by atoms with van der Waals surface area (Å²) in [5.74, 6) is 0. The first-order valence-electron chi connectivity index (χ1n) is 7.45. The lowest BCUT2D eigenvalue weighted by Gasteiger charge is -2.38. The van der Waals surface area contributed by atoms with Crippen molar-refractivity contribution in [1.29, 1.82) is 0 Å². The third-order valence-electron chi connectivity index (χ3n) is 3.88. The molecule has 0 aliphatic carbocycles. The number of fused-ring (bicyclic) bond motifs is 1. The first kappa shape index (κ1) is 14.2. The average molecular weight is 288 g/mol. The highest BCUT2D eigenvalue weighted by atomic mass is 15.3. The van der Waals surface area contributed by atoms with E-state index in [4.69, 9.17) is 0 Å². The Morgan fingerprint density at radius 3 is 2.14 bits per heavy atom. The average Bonchev–Trinajstić information content (AvgIpc) is 2.58. The fourth-order valence-corrected chi connectivity index (χ4v) is 2.89. The second-order valence-electron chi connectivity index (χ2n) is 5.19. The van der Waals surface area contributed by atoms with Crippen molar-refractivity contribution in [3.05, 3.63) is 90.8 Å². The van der Waals surface area contributed by atoms with E-state index in [9.17, 15) is 0 Å². The predicted molar refractivity (Wildman–Crippen MR) is 95.5 cm³/mol. The summed E-state index contributed by atoms with van der Waals surface area (Å²) in [6.07, 6.45) is 6.12. The highest BCUT2D eigenvalue weighted by Crippen LogP contribution is 2.43. The van der Waals surface area contributed by atoms with Gasteiger partial charge in [-0.15, -0.1) is 0 Å². The number of likely N-dealkylation sites (N-methyl/N-ethyl adjacent to an activating group) is 1. The monoisotopic (exact) mass is 288 g/mol. The second kappa shape index (κ2) is 5.94. The maximum absolute atomic E-state index is 4.04. The van der Waals surface area contributed by atoms with Crippen molar-refractivity contribution in [2.24, 2.45) is 0 Å². The molecule has 3 rings (SSSR count). The van der Waals surface area contributed by atoms with Gasteiger partial charge in [-0.3, -0.25) is 0 Å². The number of hydrogen-bond acceptors (Lipinski definition) is 2. The molecular weight excluding hydrogens is 268 g/mol. The Labute approximate surface area is 132 Å². The molecule has 0 aromatic heterocycles. The van der Waals surface area contributed by atoms with E-state index in [1.807, 2.05) is 19.1 Å². The first-order chi connectivity index (χ1) is 10.8. The number of allylic oxidation sites excluding steroid dienone is 3. The smallest absolute Gasteiger partial charge is 0.0699 e. The third-order valence-corrected chi connectivity index (χ3v) is 3.88. The zero-order valence-corrected chi connectivity index (χ0v) is 13.0. The molecule has 0 radical (unpaired) electrons. The summed E-state index contributed by atoms with van der Waals surface area (Å²) >= 11 is 0. The Morgan fingerprint density at radius 2 is 1.50 bits per heavy atom. The van der Waals surface area contributed by atoms with Crippen LogP contribution < -0.4 is 9.80 Å². The Balaban J connectivity index is 2.29. The van der Waals surface area contributed by atoms with Crippen LogP contribution in [0.15, 0.2) is 90.8 Å². The van der Waals surface area contributed by atoms with Crippen LogP contribution in [0.2, 0.25) is 0 Å². The molecule has 110 valence electrons. The molecule has 1 aliphatic heterocycles. The van der Waals surface area contributed by atoms with Gasteiger partial charge < -0.3 is 9.80 Å². The molecule has 1 aliphatic rings. The van der Waals surface area contributed by atoms with E-state index in [1.54, 1.807) is 0 Å². The summed E-state index contributed by atoms with van der Waals surface area (Å²) in [4.78, 5) is 4.48. The Morgan fingerprint density at radius 1 is 0.864 bits per heavy atom. The predicted octanol–water partition coefficient (Wildman–Crippen LogP) is 5.25. The van der Waals surface area contributed by atoms with Gasteiger partial charge in [0.2, 0.25) is 0 Å². The zero-order valence-electron chi connectivity index (χ0n) is 13.0. The van der Waals surface area contributed by atoms with Crippen molar-refractivity contribution < 1.29 is 0 Å². The van der Waals surface area contributed by atoms with E-state index in [1.165, 1.54) is 11.4 Å². The fourth-order valence-electron chi connectivity index (χ4n) is 2.89. The highest BCUT2D eigenvalue weighted by molar-refractivity contribution is 5.86. The Bertz CT molecular complexity index is 741. The minimum atomic E-state index is 1.09. The topological polar surface area (TPSA) is 6.48 Å². The molecule has 0 saturated carbocycles. The molecule has 0 amide bonds. The van der Waals surface area contributed by atoms with Crippen LogP contribution in [0, 0.1) is 0 Å². The zero-order chi connectivity index (χ0) is 15.5. The second-order valence-corrected chi connectivity index (χ2v) is 5.19. The lowest BCUT2D eigenvalue weighted by Crippen LogP contribution is -2.30. The SMILES string of the molecule is C=CC1=C(/C=C\C)N(C)c2ccccc2N1c1ccccc1. The van der Waals surface area contributed by atoms with Gasteiger partial charge in [0.15, 0.2) is 0 Å². The molecule has 22 heavy (non-hydrogen) atoms. The number of benzene rings is 2. The van der Waals surface area contributed by atoms with Crippen molar-refractivity contribution in [3.8, 4) is 0 Å². The van der Waals surface area contributed by atoms with Gasteiger partial charge in [-0.1, -0.05) is 43.0 Å². The molecule has 0 unspecified atom stereocenters. The molecule has 2 heteroatoms. The summed E-state index contributed by atoms with van der Waals surface area (Å²) in [6.45, 7) is 6.08. The first-order valence-corrected chi connectivity index (χ1v) is 7.45. The van der Waals surface area contributed by atoms with Crippen LogP contribution >= 0.6 is 0 Å². The normalized spacial score (nSPS) is 14.5. The molecular formula is C20H20N2. The Kier molecular flexibility index (Phi) is 3.84. The van der Waals surface area contributed by atoms with E-state index < -0.39 is 0 Å². The lowest BCUT2D eigenvalue weighted by atomic mass is 10.1. The van der Waals surface area contributed by atoms with Gasteiger partial charge in [0.05, 0.1) is 22.8 Å². The number of anilines is 3. The van der Waals surface area contributed by atoms with Crippen LogP contribution in [-0.2, 0) is 0 Å². The van der Waals surface area contributed by atoms with Gasteiger partial charge in [0, 0.05) is 12.7 Å². The highest BCUT2D eigenvalue weighted by Gasteiger charge is 2.26.